The van der Waals surface area contributed by atoms with Crippen molar-refractivity contribution in [2.24, 2.45) is 0 Å². The molecule has 0 aliphatic rings. The Balaban J connectivity index is 2.15. The smallest absolute Gasteiger partial charge is 0.138 e. The van der Waals surface area contributed by atoms with E-state index in [2.05, 4.69) is 25.9 Å². The average molecular weight is 352 g/mol. The van der Waals surface area contributed by atoms with E-state index in [0.717, 1.165) is 38.2 Å². The summed E-state index contributed by atoms with van der Waals surface area (Å²) >= 11 is 9.71. The zero-order chi connectivity index (χ0) is 14.3. The van der Waals surface area contributed by atoms with Gasteiger partial charge in [-0.1, -0.05) is 11.6 Å². The van der Waals surface area contributed by atoms with Gasteiger partial charge in [0.2, 0.25) is 0 Å². The van der Waals surface area contributed by atoms with E-state index in [4.69, 9.17) is 16.3 Å². The van der Waals surface area contributed by atoms with Crippen LogP contribution in [0.5, 0.6) is 5.75 Å². The molecule has 0 spiro atoms. The fraction of sp³-hybridized carbons (Fsp3) is 0.133. The average Bonchev–Trinajstić information content (AvgIpc) is 2.82. The Morgan fingerprint density at radius 3 is 2.75 bits per heavy atom. The Kier molecular flexibility index (Phi) is 3.44. The number of aromatic amines is 1. The number of nitrogens with one attached hydrogen (secondary N) is 1. The number of rotatable bonds is 2. The summed E-state index contributed by atoms with van der Waals surface area (Å²) in [5.41, 5.74) is 3.81. The van der Waals surface area contributed by atoms with Crippen LogP contribution in [0.25, 0.3) is 22.4 Å². The number of hydrogen-bond acceptors (Lipinski definition) is 2. The summed E-state index contributed by atoms with van der Waals surface area (Å²) in [7, 11) is 1.64. The maximum atomic E-state index is 6.23. The van der Waals surface area contributed by atoms with Crippen molar-refractivity contribution in [1.29, 1.82) is 0 Å². The van der Waals surface area contributed by atoms with Crippen LogP contribution >= 0.6 is 27.5 Å². The molecule has 1 aromatic heterocycles. The molecule has 0 unspecified atom stereocenters. The van der Waals surface area contributed by atoms with Crippen LogP contribution in [0.15, 0.2) is 34.8 Å². The minimum absolute atomic E-state index is 0.662. The lowest BCUT2D eigenvalue weighted by Gasteiger charge is -2.04. The maximum absolute atomic E-state index is 6.23. The number of aromatic nitrogens is 2. The zero-order valence-corrected chi connectivity index (χ0v) is 13.3. The summed E-state index contributed by atoms with van der Waals surface area (Å²) in [4.78, 5) is 7.87. The van der Waals surface area contributed by atoms with Crippen molar-refractivity contribution in [3.63, 3.8) is 0 Å². The molecule has 1 heterocycles. The van der Waals surface area contributed by atoms with Crippen LogP contribution in [-0.4, -0.2) is 17.1 Å². The molecule has 3 nitrogen and oxygen atoms in total. The molecule has 0 radical (unpaired) electrons. The van der Waals surface area contributed by atoms with Crippen molar-refractivity contribution in [1.82, 2.24) is 9.97 Å². The minimum atomic E-state index is 0.662. The topological polar surface area (TPSA) is 37.9 Å². The summed E-state index contributed by atoms with van der Waals surface area (Å²) in [5.74, 6) is 1.58. The van der Waals surface area contributed by atoms with Gasteiger partial charge in [-0.25, -0.2) is 4.98 Å². The predicted molar refractivity (Wildman–Crippen MR) is 85.5 cm³/mol. The van der Waals surface area contributed by atoms with Gasteiger partial charge in [-0.2, -0.15) is 0 Å². The lowest BCUT2D eigenvalue weighted by Crippen LogP contribution is -1.86. The van der Waals surface area contributed by atoms with Gasteiger partial charge in [0.1, 0.15) is 17.1 Å². The highest BCUT2D eigenvalue weighted by Crippen LogP contribution is 2.31. The predicted octanol–water partition coefficient (Wildman–Crippen LogP) is 4.96. The third-order valence-electron chi connectivity index (χ3n) is 3.11. The summed E-state index contributed by atoms with van der Waals surface area (Å²) in [6.45, 7) is 2.01. The first-order chi connectivity index (χ1) is 9.58. The highest BCUT2D eigenvalue weighted by Gasteiger charge is 2.10. The molecule has 2 aromatic carbocycles. The van der Waals surface area contributed by atoms with Crippen LogP contribution in [0.1, 0.15) is 5.56 Å². The first-order valence-corrected chi connectivity index (χ1v) is 7.25. The summed E-state index contributed by atoms with van der Waals surface area (Å²) in [5, 5.41) is 0.662. The summed E-state index contributed by atoms with van der Waals surface area (Å²) < 4.78 is 6.12. The van der Waals surface area contributed by atoms with Gasteiger partial charge in [0.25, 0.3) is 0 Å². The Morgan fingerprint density at radius 2 is 2.05 bits per heavy atom. The van der Waals surface area contributed by atoms with Crippen molar-refractivity contribution in [3.05, 3.63) is 45.4 Å². The molecular weight excluding hydrogens is 340 g/mol. The van der Waals surface area contributed by atoms with Crippen molar-refractivity contribution in [3.8, 4) is 17.1 Å². The van der Waals surface area contributed by atoms with Crippen molar-refractivity contribution >= 4 is 38.6 Å². The van der Waals surface area contributed by atoms with Gasteiger partial charge in [-0.05, 0) is 58.7 Å². The molecule has 3 aromatic rings. The molecule has 1 N–H and O–H groups in total. The molecule has 0 fully saturated rings. The Bertz CT molecular complexity index is 798. The number of benzene rings is 2. The van der Waals surface area contributed by atoms with E-state index in [1.807, 2.05) is 37.3 Å². The fourth-order valence-corrected chi connectivity index (χ4v) is 3.02. The van der Waals surface area contributed by atoms with Crippen LogP contribution in [0.4, 0.5) is 0 Å². The van der Waals surface area contributed by atoms with Gasteiger partial charge >= 0.3 is 0 Å². The molecule has 0 aliphatic carbocycles. The summed E-state index contributed by atoms with van der Waals surface area (Å²) in [6, 6.07) is 9.79. The van der Waals surface area contributed by atoms with Crippen LogP contribution in [0, 0.1) is 6.92 Å². The second kappa shape index (κ2) is 5.11. The first kappa shape index (κ1) is 13.5. The van der Waals surface area contributed by atoms with E-state index in [1.165, 1.54) is 0 Å². The monoisotopic (exact) mass is 350 g/mol. The molecule has 0 saturated carbocycles. The van der Waals surface area contributed by atoms with Gasteiger partial charge in [0.15, 0.2) is 0 Å². The normalized spacial score (nSPS) is 11.0. The van der Waals surface area contributed by atoms with Crippen LogP contribution in [-0.2, 0) is 0 Å². The largest absolute Gasteiger partial charge is 0.496 e. The number of methoxy groups -OCH3 is 1. The minimum Gasteiger partial charge on any atom is -0.496 e. The summed E-state index contributed by atoms with van der Waals surface area (Å²) in [6.07, 6.45) is 0. The quantitative estimate of drug-likeness (QED) is 0.708. The van der Waals surface area contributed by atoms with Gasteiger partial charge in [0, 0.05) is 5.56 Å². The second-order valence-electron chi connectivity index (χ2n) is 4.58. The number of nitrogens with zero attached hydrogens (tertiary/aromatic N) is 1. The molecular formula is C15H12BrClN2O. The standard InChI is InChI=1S/C15H12BrClN2O/c1-8-5-11(17)14-12(6-8)18-15(19-14)9-3-4-13(20-2)10(16)7-9/h3-7H,1-2H3,(H,18,19). The molecule has 3 rings (SSSR count). The van der Waals surface area contributed by atoms with Crippen LogP contribution < -0.4 is 4.74 Å². The van der Waals surface area contributed by atoms with Crippen molar-refractivity contribution in [2.75, 3.05) is 7.11 Å². The Hall–Kier alpha value is -1.52. The third-order valence-corrected chi connectivity index (χ3v) is 4.02. The lowest BCUT2D eigenvalue weighted by molar-refractivity contribution is 0.412. The van der Waals surface area contributed by atoms with E-state index in [9.17, 15) is 0 Å². The Labute approximate surface area is 130 Å². The highest BCUT2D eigenvalue weighted by atomic mass is 79.9. The number of halogens is 2. The van der Waals surface area contributed by atoms with Gasteiger partial charge < -0.3 is 9.72 Å². The molecule has 20 heavy (non-hydrogen) atoms. The van der Waals surface area contributed by atoms with Crippen LogP contribution in [0.3, 0.4) is 0 Å². The van der Waals surface area contributed by atoms with Crippen molar-refractivity contribution < 1.29 is 4.74 Å². The lowest BCUT2D eigenvalue weighted by atomic mass is 10.2. The molecule has 102 valence electrons. The molecule has 0 saturated heterocycles. The molecule has 0 amide bonds. The van der Waals surface area contributed by atoms with E-state index in [1.54, 1.807) is 7.11 Å². The maximum Gasteiger partial charge on any atom is 0.138 e. The van der Waals surface area contributed by atoms with Gasteiger partial charge in [-0.15, -0.1) is 0 Å². The van der Waals surface area contributed by atoms with Crippen LogP contribution in [0.2, 0.25) is 5.02 Å². The molecule has 5 heteroatoms. The number of aryl methyl sites for hydroxylation is 1. The number of fused-ring (bicyclic) bond motifs is 1. The van der Waals surface area contributed by atoms with Gasteiger partial charge in [0.05, 0.1) is 22.1 Å². The van der Waals surface area contributed by atoms with Gasteiger partial charge in [-0.3, -0.25) is 0 Å². The van der Waals surface area contributed by atoms with E-state index >= 15 is 0 Å². The SMILES string of the molecule is COc1ccc(-c2nc3c(Cl)cc(C)cc3[nH]2)cc1Br. The van der Waals surface area contributed by atoms with E-state index in [0.29, 0.717) is 5.02 Å². The van der Waals surface area contributed by atoms with Crippen molar-refractivity contribution in [2.45, 2.75) is 6.92 Å². The van der Waals surface area contributed by atoms with E-state index < -0.39 is 0 Å². The molecule has 0 atom stereocenters. The first-order valence-electron chi connectivity index (χ1n) is 6.08. The highest BCUT2D eigenvalue weighted by molar-refractivity contribution is 9.10. The molecule has 0 aliphatic heterocycles. The third kappa shape index (κ3) is 2.30. The fourth-order valence-electron chi connectivity index (χ4n) is 2.16. The number of H-pyrrole nitrogens is 1. The number of imidazole rings is 1. The number of hydrogen-bond donors (Lipinski definition) is 1. The molecule has 0 bridgehead atoms. The zero-order valence-electron chi connectivity index (χ0n) is 11.0. The van der Waals surface area contributed by atoms with E-state index in [-0.39, 0.29) is 0 Å². The Morgan fingerprint density at radius 1 is 1.25 bits per heavy atom. The number of ether oxygens (including phenoxy) is 1. The second-order valence-corrected chi connectivity index (χ2v) is 5.84.